The van der Waals surface area contributed by atoms with Gasteiger partial charge in [0, 0.05) is 11.6 Å². The average Bonchev–Trinajstić information content (AvgIpc) is 2.96. The summed E-state index contributed by atoms with van der Waals surface area (Å²) >= 11 is 0. The Labute approximate surface area is 140 Å². The fourth-order valence-electron chi connectivity index (χ4n) is 2.91. The summed E-state index contributed by atoms with van der Waals surface area (Å²) in [5.41, 5.74) is 1.23. The second kappa shape index (κ2) is 6.46. The van der Waals surface area contributed by atoms with Gasteiger partial charge in [-0.1, -0.05) is 12.1 Å². The van der Waals surface area contributed by atoms with Crippen LogP contribution < -0.4 is 10.6 Å². The van der Waals surface area contributed by atoms with Gasteiger partial charge in [-0.05, 0) is 32.0 Å². The number of nitrogens with one attached hydrogen (secondary N) is 3. The second-order valence-corrected chi connectivity index (χ2v) is 7.94. The molecular formula is C14H19ClN4O3S. The van der Waals surface area contributed by atoms with Crippen molar-refractivity contribution in [2.75, 3.05) is 24.7 Å². The molecule has 0 spiro atoms. The third-order valence-electron chi connectivity index (χ3n) is 4.26. The number of sulfone groups is 1. The molecular weight excluding hydrogens is 340 g/mol. The monoisotopic (exact) mass is 358 g/mol. The zero-order valence-electron chi connectivity index (χ0n) is 12.6. The minimum absolute atomic E-state index is 0. The van der Waals surface area contributed by atoms with Crippen LogP contribution in [0.5, 0.6) is 0 Å². The zero-order chi connectivity index (χ0) is 15.8. The lowest BCUT2D eigenvalue weighted by atomic mass is 9.95. The van der Waals surface area contributed by atoms with Crippen LogP contribution >= 0.6 is 12.4 Å². The Morgan fingerprint density at radius 2 is 2.00 bits per heavy atom. The first-order chi connectivity index (χ1) is 10.4. The number of hydrogen-bond donors (Lipinski definition) is 3. The minimum atomic E-state index is -3.52. The van der Waals surface area contributed by atoms with Gasteiger partial charge in [-0.3, -0.25) is 9.89 Å². The Balaban J connectivity index is 0.00000192. The van der Waals surface area contributed by atoms with E-state index in [0.717, 1.165) is 11.6 Å². The largest absolute Gasteiger partial charge is 0.323 e. The number of aromatic amines is 1. The van der Waals surface area contributed by atoms with Gasteiger partial charge in [-0.2, -0.15) is 5.10 Å². The van der Waals surface area contributed by atoms with Crippen molar-refractivity contribution in [2.45, 2.75) is 17.6 Å². The number of piperidine rings is 1. The molecule has 1 aliphatic rings. The lowest BCUT2D eigenvalue weighted by molar-refractivity contribution is -0.119. The van der Waals surface area contributed by atoms with Crippen LogP contribution in [0.2, 0.25) is 0 Å². The number of rotatable bonds is 3. The van der Waals surface area contributed by atoms with Crippen molar-refractivity contribution >= 4 is 44.7 Å². The molecule has 0 aliphatic carbocycles. The van der Waals surface area contributed by atoms with Gasteiger partial charge in [0.15, 0.2) is 14.6 Å². The number of H-pyrrole nitrogens is 1. The van der Waals surface area contributed by atoms with Gasteiger partial charge in [0.05, 0.1) is 17.4 Å². The fraction of sp³-hybridized carbons (Fsp3) is 0.429. The molecule has 9 heteroatoms. The van der Waals surface area contributed by atoms with E-state index < -0.39 is 20.5 Å². The molecule has 7 nitrogen and oxygen atoms in total. The molecule has 1 amide bonds. The van der Waals surface area contributed by atoms with Gasteiger partial charge < -0.3 is 10.6 Å². The molecule has 0 saturated carbocycles. The van der Waals surface area contributed by atoms with Gasteiger partial charge in [0.2, 0.25) is 5.91 Å². The smallest absolute Gasteiger partial charge is 0.245 e. The fourth-order valence-corrected chi connectivity index (χ4v) is 4.24. The van der Waals surface area contributed by atoms with E-state index in [0.29, 0.717) is 24.3 Å². The molecule has 1 aromatic heterocycles. The van der Waals surface area contributed by atoms with Crippen LogP contribution in [-0.2, 0) is 14.6 Å². The Bertz CT molecular complexity index is 812. The van der Waals surface area contributed by atoms with Crippen molar-refractivity contribution in [3.05, 3.63) is 24.4 Å². The number of carbonyl (C=O) groups is 1. The molecule has 0 radical (unpaired) electrons. The Morgan fingerprint density at radius 3 is 2.65 bits per heavy atom. The maximum Gasteiger partial charge on any atom is 0.245 e. The predicted octanol–water partition coefficient (Wildman–Crippen LogP) is 1.09. The number of hydrogen-bond acceptors (Lipinski definition) is 5. The minimum Gasteiger partial charge on any atom is -0.323 e. The Kier molecular flexibility index (Phi) is 4.98. The number of anilines is 1. The van der Waals surface area contributed by atoms with E-state index in [1.54, 1.807) is 18.3 Å². The van der Waals surface area contributed by atoms with Crippen molar-refractivity contribution in [3.63, 3.8) is 0 Å². The number of carbonyl (C=O) groups excluding carboxylic acids is 1. The van der Waals surface area contributed by atoms with Gasteiger partial charge in [0.1, 0.15) is 0 Å². The molecule has 23 heavy (non-hydrogen) atoms. The summed E-state index contributed by atoms with van der Waals surface area (Å²) in [5, 5.41) is 13.5. The summed E-state index contributed by atoms with van der Waals surface area (Å²) in [6, 6.07) is 5.39. The molecule has 1 aliphatic heterocycles. The Hall–Kier alpha value is -1.64. The van der Waals surface area contributed by atoms with Crippen LogP contribution in [0.1, 0.15) is 12.8 Å². The maximum absolute atomic E-state index is 12.7. The molecule has 1 fully saturated rings. The lowest BCUT2D eigenvalue weighted by Gasteiger charge is -2.34. The van der Waals surface area contributed by atoms with E-state index in [9.17, 15) is 13.2 Å². The molecule has 0 unspecified atom stereocenters. The van der Waals surface area contributed by atoms with Crippen LogP contribution in [0.4, 0.5) is 5.69 Å². The summed E-state index contributed by atoms with van der Waals surface area (Å²) in [6.45, 7) is 1.02. The van der Waals surface area contributed by atoms with Crippen LogP contribution in [0.25, 0.3) is 10.9 Å². The third-order valence-corrected chi connectivity index (χ3v) is 6.27. The number of fused-ring (bicyclic) bond motifs is 1. The normalized spacial score (nSPS) is 17.4. The van der Waals surface area contributed by atoms with Crippen molar-refractivity contribution in [3.8, 4) is 0 Å². The summed E-state index contributed by atoms with van der Waals surface area (Å²) in [6.07, 6.45) is 3.34. The van der Waals surface area contributed by atoms with Crippen molar-refractivity contribution in [2.24, 2.45) is 0 Å². The molecule has 3 rings (SSSR count). The number of halogens is 1. The molecule has 2 aromatic rings. The molecule has 126 valence electrons. The van der Waals surface area contributed by atoms with Crippen LogP contribution in [0.3, 0.4) is 0 Å². The highest BCUT2D eigenvalue weighted by Crippen LogP contribution is 2.30. The van der Waals surface area contributed by atoms with Gasteiger partial charge >= 0.3 is 0 Å². The summed E-state index contributed by atoms with van der Waals surface area (Å²) in [7, 11) is -3.52. The van der Waals surface area contributed by atoms with E-state index in [4.69, 9.17) is 0 Å². The number of para-hydroxylation sites is 1. The highest BCUT2D eigenvalue weighted by molar-refractivity contribution is 7.92. The molecule has 2 heterocycles. The standard InChI is InChI=1S/C14H18N4O3S.ClH/c1-22(20,21)14(5-7-15-8-6-14)13(19)17-11-4-2-3-10-9-16-18-12(10)11;/h2-4,9,15H,5-8H2,1H3,(H,16,18)(H,17,19);1H. The summed E-state index contributed by atoms with van der Waals surface area (Å²) in [5.74, 6) is -0.474. The number of benzene rings is 1. The van der Waals surface area contributed by atoms with Crippen LogP contribution in [0.15, 0.2) is 24.4 Å². The average molecular weight is 359 g/mol. The van der Waals surface area contributed by atoms with E-state index in [2.05, 4.69) is 20.8 Å². The topological polar surface area (TPSA) is 104 Å². The number of aromatic nitrogens is 2. The molecule has 1 aromatic carbocycles. The van der Waals surface area contributed by atoms with Gasteiger partial charge in [-0.25, -0.2) is 8.42 Å². The summed E-state index contributed by atoms with van der Waals surface area (Å²) in [4.78, 5) is 12.7. The maximum atomic E-state index is 12.7. The van der Waals surface area contributed by atoms with E-state index >= 15 is 0 Å². The number of nitrogens with zero attached hydrogens (tertiary/aromatic N) is 1. The first-order valence-electron chi connectivity index (χ1n) is 7.08. The van der Waals surface area contributed by atoms with Crippen molar-refractivity contribution in [1.82, 2.24) is 15.5 Å². The van der Waals surface area contributed by atoms with E-state index in [1.807, 2.05) is 6.07 Å². The molecule has 0 atom stereocenters. The molecule has 0 bridgehead atoms. The van der Waals surface area contributed by atoms with Crippen molar-refractivity contribution < 1.29 is 13.2 Å². The third kappa shape index (κ3) is 3.06. The first-order valence-corrected chi connectivity index (χ1v) is 8.97. The number of amides is 1. The predicted molar refractivity (Wildman–Crippen MR) is 91.6 cm³/mol. The van der Waals surface area contributed by atoms with Gasteiger partial charge in [0.25, 0.3) is 0 Å². The Morgan fingerprint density at radius 1 is 1.30 bits per heavy atom. The van der Waals surface area contributed by atoms with E-state index in [1.165, 1.54) is 0 Å². The zero-order valence-corrected chi connectivity index (χ0v) is 14.3. The highest BCUT2D eigenvalue weighted by Gasteiger charge is 2.48. The summed E-state index contributed by atoms with van der Waals surface area (Å²) < 4.78 is 23.1. The van der Waals surface area contributed by atoms with Gasteiger partial charge in [-0.15, -0.1) is 12.4 Å². The molecule has 3 N–H and O–H groups in total. The van der Waals surface area contributed by atoms with Crippen LogP contribution in [0, 0.1) is 0 Å². The SMILES string of the molecule is CS(=O)(=O)C1(C(=O)Nc2cccc3cn[nH]c23)CCNCC1.Cl. The first kappa shape index (κ1) is 17.7. The van der Waals surface area contributed by atoms with Crippen molar-refractivity contribution in [1.29, 1.82) is 0 Å². The van der Waals surface area contributed by atoms with E-state index in [-0.39, 0.29) is 25.2 Å². The lowest BCUT2D eigenvalue weighted by Crippen LogP contribution is -2.55. The molecule has 1 saturated heterocycles. The second-order valence-electron chi connectivity index (χ2n) is 5.61. The quantitative estimate of drug-likeness (QED) is 0.762. The van der Waals surface area contributed by atoms with Crippen LogP contribution in [-0.4, -0.2) is 48.6 Å². The highest BCUT2D eigenvalue weighted by atomic mass is 35.5.